The zero-order valence-electron chi connectivity index (χ0n) is 14.5. The summed E-state index contributed by atoms with van der Waals surface area (Å²) in [5.74, 6) is 0.861. The van der Waals surface area contributed by atoms with Crippen molar-refractivity contribution in [1.29, 1.82) is 0 Å². The number of para-hydroxylation sites is 1. The Labute approximate surface area is 162 Å². The number of guanidine groups is 1. The summed E-state index contributed by atoms with van der Waals surface area (Å²) in [5.41, 5.74) is 1.25. The molecule has 6 heteroatoms. The molecular weight excluding hydrogens is 413 g/mol. The quantitative estimate of drug-likeness (QED) is 0.287. The van der Waals surface area contributed by atoms with Crippen LogP contribution in [0.3, 0.4) is 0 Å². The van der Waals surface area contributed by atoms with Crippen LogP contribution in [0.15, 0.2) is 59.9 Å². The molecule has 0 radical (unpaired) electrons. The van der Waals surface area contributed by atoms with Gasteiger partial charge in [-0.15, -0.1) is 24.0 Å². The molecule has 0 aliphatic carbocycles. The molecule has 0 atom stereocenters. The van der Waals surface area contributed by atoms with Gasteiger partial charge in [0.2, 0.25) is 0 Å². The summed E-state index contributed by atoms with van der Waals surface area (Å²) in [6.07, 6.45) is 5.19. The lowest BCUT2D eigenvalue weighted by atomic mass is 10.3. The van der Waals surface area contributed by atoms with Crippen molar-refractivity contribution >= 4 is 35.6 Å². The second-order valence-corrected chi connectivity index (χ2v) is 5.46. The standard InChI is InChI=1S/C18H27N5.HI/c1-19-18(21-12-16-23-14-6-7-15-23)20-11-8-13-22(2)17-9-4-3-5-10-17;/h3-7,9-10,14-15H,8,11-13,16H2,1-2H3,(H2,19,20,21);1H. The van der Waals surface area contributed by atoms with Crippen LogP contribution in [0.1, 0.15) is 6.42 Å². The number of aliphatic imine (C=N–C) groups is 1. The van der Waals surface area contributed by atoms with E-state index in [2.05, 4.69) is 68.8 Å². The van der Waals surface area contributed by atoms with E-state index in [1.165, 1.54) is 5.69 Å². The first-order valence-corrected chi connectivity index (χ1v) is 8.11. The summed E-state index contributed by atoms with van der Waals surface area (Å²) in [4.78, 5) is 6.52. The lowest BCUT2D eigenvalue weighted by Gasteiger charge is -2.19. The van der Waals surface area contributed by atoms with Crippen LogP contribution in [0.5, 0.6) is 0 Å². The zero-order valence-corrected chi connectivity index (χ0v) is 16.8. The monoisotopic (exact) mass is 441 g/mol. The molecule has 2 aromatic rings. The van der Waals surface area contributed by atoms with Gasteiger partial charge in [0.1, 0.15) is 0 Å². The first-order chi connectivity index (χ1) is 11.3. The fourth-order valence-electron chi connectivity index (χ4n) is 2.38. The minimum atomic E-state index is 0. The largest absolute Gasteiger partial charge is 0.375 e. The Morgan fingerprint density at radius 2 is 1.71 bits per heavy atom. The summed E-state index contributed by atoms with van der Waals surface area (Å²) < 4.78 is 2.15. The second kappa shape index (κ2) is 11.8. The smallest absolute Gasteiger partial charge is 0.191 e. The Kier molecular flexibility index (Phi) is 9.98. The minimum absolute atomic E-state index is 0. The normalized spacial score (nSPS) is 10.8. The third kappa shape index (κ3) is 7.25. The molecule has 2 N–H and O–H groups in total. The predicted octanol–water partition coefficient (Wildman–Crippen LogP) is 2.80. The van der Waals surface area contributed by atoms with Crippen molar-refractivity contribution in [1.82, 2.24) is 15.2 Å². The molecule has 5 nitrogen and oxygen atoms in total. The van der Waals surface area contributed by atoms with E-state index in [9.17, 15) is 0 Å². The topological polar surface area (TPSA) is 44.6 Å². The molecule has 1 aromatic carbocycles. The maximum absolute atomic E-state index is 4.25. The lowest BCUT2D eigenvalue weighted by molar-refractivity contribution is 0.660. The van der Waals surface area contributed by atoms with Gasteiger partial charge in [0.05, 0.1) is 0 Å². The van der Waals surface area contributed by atoms with Crippen molar-refractivity contribution in [2.75, 3.05) is 38.6 Å². The first-order valence-electron chi connectivity index (χ1n) is 8.11. The molecule has 0 spiro atoms. The van der Waals surface area contributed by atoms with Gasteiger partial charge in [-0.3, -0.25) is 4.99 Å². The van der Waals surface area contributed by atoms with Gasteiger partial charge in [0, 0.05) is 58.4 Å². The van der Waals surface area contributed by atoms with Gasteiger partial charge in [0.15, 0.2) is 5.96 Å². The molecular formula is C18H28IN5. The van der Waals surface area contributed by atoms with Gasteiger partial charge in [-0.25, -0.2) is 0 Å². The van der Waals surface area contributed by atoms with Gasteiger partial charge in [-0.05, 0) is 30.7 Å². The number of nitrogens with zero attached hydrogens (tertiary/aromatic N) is 3. The predicted molar refractivity (Wildman–Crippen MR) is 114 cm³/mol. The number of rotatable bonds is 8. The van der Waals surface area contributed by atoms with Gasteiger partial charge in [-0.1, -0.05) is 18.2 Å². The molecule has 24 heavy (non-hydrogen) atoms. The van der Waals surface area contributed by atoms with Crippen molar-refractivity contribution < 1.29 is 0 Å². The van der Waals surface area contributed by atoms with Crippen LogP contribution in [0.4, 0.5) is 5.69 Å². The second-order valence-electron chi connectivity index (χ2n) is 5.46. The maximum atomic E-state index is 4.25. The fraction of sp³-hybridized carbons (Fsp3) is 0.389. The molecule has 1 aromatic heterocycles. The van der Waals surface area contributed by atoms with E-state index in [0.717, 1.165) is 38.6 Å². The summed E-state index contributed by atoms with van der Waals surface area (Å²) in [5, 5.41) is 6.69. The highest BCUT2D eigenvalue weighted by molar-refractivity contribution is 14.0. The van der Waals surface area contributed by atoms with Gasteiger partial charge < -0.3 is 20.1 Å². The maximum Gasteiger partial charge on any atom is 0.191 e. The highest BCUT2D eigenvalue weighted by Gasteiger charge is 2.00. The summed E-state index contributed by atoms with van der Waals surface area (Å²) in [7, 11) is 3.93. The van der Waals surface area contributed by atoms with Crippen molar-refractivity contribution in [2.45, 2.75) is 13.0 Å². The van der Waals surface area contributed by atoms with Crippen molar-refractivity contribution in [3.05, 3.63) is 54.9 Å². The average Bonchev–Trinajstić information content (AvgIpc) is 3.11. The molecule has 2 rings (SSSR count). The number of halogens is 1. The van der Waals surface area contributed by atoms with E-state index >= 15 is 0 Å². The SMILES string of the molecule is CN=C(NCCCN(C)c1ccccc1)NCCn1cccc1.I. The number of anilines is 1. The summed E-state index contributed by atoms with van der Waals surface area (Å²) >= 11 is 0. The molecule has 0 bridgehead atoms. The zero-order chi connectivity index (χ0) is 16.3. The first kappa shape index (κ1) is 20.3. The Balaban J connectivity index is 0.00000288. The Morgan fingerprint density at radius 3 is 2.38 bits per heavy atom. The summed E-state index contributed by atoms with van der Waals surface area (Å²) in [6, 6.07) is 14.5. The van der Waals surface area contributed by atoms with E-state index in [1.54, 1.807) is 7.05 Å². The van der Waals surface area contributed by atoms with E-state index in [-0.39, 0.29) is 24.0 Å². The molecule has 0 unspecified atom stereocenters. The van der Waals surface area contributed by atoms with Crippen molar-refractivity contribution in [3.63, 3.8) is 0 Å². The van der Waals surface area contributed by atoms with Crippen LogP contribution in [0.2, 0.25) is 0 Å². The van der Waals surface area contributed by atoms with E-state index in [0.29, 0.717) is 0 Å². The van der Waals surface area contributed by atoms with E-state index in [1.807, 2.05) is 18.2 Å². The van der Waals surface area contributed by atoms with Crippen molar-refractivity contribution in [2.24, 2.45) is 4.99 Å². The fourth-order valence-corrected chi connectivity index (χ4v) is 2.38. The Bertz CT molecular complexity index is 568. The Hall–Kier alpha value is -1.70. The average molecular weight is 441 g/mol. The molecule has 0 saturated heterocycles. The van der Waals surface area contributed by atoms with Crippen LogP contribution in [0.25, 0.3) is 0 Å². The highest BCUT2D eigenvalue weighted by atomic mass is 127. The minimum Gasteiger partial charge on any atom is -0.375 e. The third-order valence-corrected chi connectivity index (χ3v) is 3.71. The van der Waals surface area contributed by atoms with Gasteiger partial charge in [-0.2, -0.15) is 0 Å². The molecule has 132 valence electrons. The molecule has 1 heterocycles. The number of hydrogen-bond donors (Lipinski definition) is 2. The van der Waals surface area contributed by atoms with Gasteiger partial charge in [0.25, 0.3) is 0 Å². The van der Waals surface area contributed by atoms with Crippen LogP contribution in [-0.4, -0.2) is 44.3 Å². The van der Waals surface area contributed by atoms with Crippen LogP contribution < -0.4 is 15.5 Å². The van der Waals surface area contributed by atoms with Crippen LogP contribution in [0, 0.1) is 0 Å². The van der Waals surface area contributed by atoms with Crippen LogP contribution in [-0.2, 0) is 6.54 Å². The summed E-state index contributed by atoms with van der Waals surface area (Å²) in [6.45, 7) is 3.71. The van der Waals surface area contributed by atoms with Crippen LogP contribution >= 0.6 is 24.0 Å². The van der Waals surface area contributed by atoms with Crippen molar-refractivity contribution in [3.8, 4) is 0 Å². The lowest BCUT2D eigenvalue weighted by Crippen LogP contribution is -2.39. The van der Waals surface area contributed by atoms with Gasteiger partial charge >= 0.3 is 0 Å². The molecule has 0 aliphatic heterocycles. The molecule has 0 fully saturated rings. The van der Waals surface area contributed by atoms with E-state index in [4.69, 9.17) is 0 Å². The highest BCUT2D eigenvalue weighted by Crippen LogP contribution is 2.10. The molecule has 0 saturated carbocycles. The number of benzene rings is 1. The number of hydrogen-bond acceptors (Lipinski definition) is 2. The number of nitrogens with one attached hydrogen (secondary N) is 2. The Morgan fingerprint density at radius 1 is 1.04 bits per heavy atom. The van der Waals surface area contributed by atoms with E-state index < -0.39 is 0 Å². The third-order valence-electron chi connectivity index (χ3n) is 3.71. The molecule has 0 aliphatic rings. The molecule has 0 amide bonds. The number of aromatic nitrogens is 1.